The number of nitrogens with one attached hydrogen (secondary N) is 2. The van der Waals surface area contributed by atoms with Gasteiger partial charge in [-0.1, -0.05) is 67.9 Å². The SMILES string of the molecule is CC(NC(=O)CNC(c1ccc(Cl)cc1)C(C)C)c1ccccc1. The Labute approximate surface area is 149 Å². The maximum absolute atomic E-state index is 12.2. The quantitative estimate of drug-likeness (QED) is 0.776. The van der Waals surface area contributed by atoms with Crippen molar-refractivity contribution in [2.45, 2.75) is 32.9 Å². The molecule has 2 rings (SSSR count). The summed E-state index contributed by atoms with van der Waals surface area (Å²) in [6, 6.07) is 17.8. The Balaban J connectivity index is 1.92. The molecule has 4 heteroatoms. The normalized spacial score (nSPS) is 13.5. The lowest BCUT2D eigenvalue weighted by molar-refractivity contribution is -0.121. The number of hydrogen-bond acceptors (Lipinski definition) is 2. The zero-order valence-corrected chi connectivity index (χ0v) is 15.2. The molecule has 0 saturated carbocycles. The monoisotopic (exact) mass is 344 g/mol. The topological polar surface area (TPSA) is 41.1 Å². The van der Waals surface area contributed by atoms with Crippen molar-refractivity contribution in [2.75, 3.05) is 6.54 Å². The third kappa shape index (κ3) is 5.36. The molecule has 0 fully saturated rings. The number of halogens is 1. The molecule has 0 bridgehead atoms. The number of benzene rings is 2. The maximum Gasteiger partial charge on any atom is 0.234 e. The molecule has 2 unspecified atom stereocenters. The Morgan fingerprint density at radius 3 is 2.17 bits per heavy atom. The van der Waals surface area contributed by atoms with E-state index in [2.05, 4.69) is 24.5 Å². The van der Waals surface area contributed by atoms with Crippen molar-refractivity contribution < 1.29 is 4.79 Å². The van der Waals surface area contributed by atoms with E-state index in [9.17, 15) is 4.79 Å². The summed E-state index contributed by atoms with van der Waals surface area (Å²) < 4.78 is 0. The molecule has 0 saturated heterocycles. The van der Waals surface area contributed by atoms with Crippen molar-refractivity contribution in [3.8, 4) is 0 Å². The zero-order chi connectivity index (χ0) is 17.5. The van der Waals surface area contributed by atoms with Crippen LogP contribution in [0.1, 0.15) is 44.0 Å². The molecular weight excluding hydrogens is 320 g/mol. The summed E-state index contributed by atoms with van der Waals surface area (Å²) in [4.78, 5) is 12.2. The second-order valence-corrected chi connectivity index (χ2v) is 6.79. The molecule has 128 valence electrons. The van der Waals surface area contributed by atoms with Crippen LogP contribution < -0.4 is 10.6 Å². The van der Waals surface area contributed by atoms with Gasteiger partial charge in [-0.15, -0.1) is 0 Å². The van der Waals surface area contributed by atoms with Gasteiger partial charge in [0.2, 0.25) is 5.91 Å². The highest BCUT2D eigenvalue weighted by atomic mass is 35.5. The Morgan fingerprint density at radius 2 is 1.58 bits per heavy atom. The highest BCUT2D eigenvalue weighted by Crippen LogP contribution is 2.23. The van der Waals surface area contributed by atoms with Gasteiger partial charge >= 0.3 is 0 Å². The number of carbonyl (C=O) groups is 1. The lowest BCUT2D eigenvalue weighted by atomic mass is 9.96. The molecule has 2 N–H and O–H groups in total. The van der Waals surface area contributed by atoms with Crippen molar-refractivity contribution in [2.24, 2.45) is 5.92 Å². The van der Waals surface area contributed by atoms with Crippen molar-refractivity contribution in [1.82, 2.24) is 10.6 Å². The van der Waals surface area contributed by atoms with Crippen LogP contribution in [0, 0.1) is 5.92 Å². The molecule has 1 amide bonds. The molecule has 0 heterocycles. The number of carbonyl (C=O) groups excluding carboxylic acids is 1. The molecule has 0 aliphatic carbocycles. The van der Waals surface area contributed by atoms with Gasteiger partial charge in [-0.25, -0.2) is 0 Å². The van der Waals surface area contributed by atoms with E-state index in [1.54, 1.807) is 0 Å². The van der Waals surface area contributed by atoms with E-state index in [4.69, 9.17) is 11.6 Å². The van der Waals surface area contributed by atoms with Crippen LogP contribution in [0.2, 0.25) is 5.02 Å². The minimum atomic E-state index is -0.00836. The molecular formula is C20H25ClN2O. The Hall–Kier alpha value is -1.84. The fourth-order valence-corrected chi connectivity index (χ4v) is 2.85. The summed E-state index contributed by atoms with van der Waals surface area (Å²) in [5.74, 6) is 0.358. The summed E-state index contributed by atoms with van der Waals surface area (Å²) in [6.07, 6.45) is 0. The van der Waals surface area contributed by atoms with Gasteiger partial charge in [-0.05, 0) is 36.1 Å². The van der Waals surface area contributed by atoms with Crippen LogP contribution in [0.15, 0.2) is 54.6 Å². The van der Waals surface area contributed by atoms with Crippen LogP contribution in [-0.4, -0.2) is 12.5 Å². The maximum atomic E-state index is 12.2. The van der Waals surface area contributed by atoms with Gasteiger partial charge in [0.1, 0.15) is 0 Å². The predicted octanol–water partition coefficient (Wildman–Crippen LogP) is 4.50. The molecule has 3 nitrogen and oxygen atoms in total. The fraction of sp³-hybridized carbons (Fsp3) is 0.350. The highest BCUT2D eigenvalue weighted by molar-refractivity contribution is 6.30. The zero-order valence-electron chi connectivity index (χ0n) is 14.4. The Kier molecular flexibility index (Phi) is 6.83. The summed E-state index contributed by atoms with van der Waals surface area (Å²) >= 11 is 5.95. The Bertz CT molecular complexity index is 640. The lowest BCUT2D eigenvalue weighted by Gasteiger charge is -2.23. The standard InChI is InChI=1S/C20H25ClN2O/c1-14(2)20(17-9-11-18(21)12-10-17)22-13-19(24)23-15(3)16-7-5-4-6-8-16/h4-12,14-15,20,22H,13H2,1-3H3,(H,23,24). The second-order valence-electron chi connectivity index (χ2n) is 6.35. The minimum Gasteiger partial charge on any atom is -0.348 e. The summed E-state index contributed by atoms with van der Waals surface area (Å²) in [7, 11) is 0. The van der Waals surface area contributed by atoms with Gasteiger partial charge in [0.15, 0.2) is 0 Å². The third-order valence-corrected chi connectivity index (χ3v) is 4.31. The molecule has 0 spiro atoms. The molecule has 24 heavy (non-hydrogen) atoms. The van der Waals surface area contributed by atoms with E-state index in [1.807, 2.05) is 61.5 Å². The van der Waals surface area contributed by atoms with E-state index < -0.39 is 0 Å². The van der Waals surface area contributed by atoms with Crippen molar-refractivity contribution >= 4 is 17.5 Å². The van der Waals surface area contributed by atoms with Crippen LogP contribution >= 0.6 is 11.6 Å². The van der Waals surface area contributed by atoms with E-state index in [-0.39, 0.29) is 24.5 Å². The van der Waals surface area contributed by atoms with E-state index >= 15 is 0 Å². The van der Waals surface area contributed by atoms with Gasteiger partial charge in [-0.2, -0.15) is 0 Å². The molecule has 0 aliphatic heterocycles. The first kappa shape index (κ1) is 18.5. The van der Waals surface area contributed by atoms with E-state index in [1.165, 1.54) is 0 Å². The van der Waals surface area contributed by atoms with Crippen LogP contribution in [0.4, 0.5) is 0 Å². The van der Waals surface area contributed by atoms with Crippen molar-refractivity contribution in [3.05, 3.63) is 70.7 Å². The van der Waals surface area contributed by atoms with Crippen LogP contribution in [0.5, 0.6) is 0 Å². The molecule has 2 aromatic carbocycles. The second kappa shape index (κ2) is 8.86. The van der Waals surface area contributed by atoms with Crippen molar-refractivity contribution in [1.29, 1.82) is 0 Å². The first-order chi connectivity index (χ1) is 11.5. The minimum absolute atomic E-state index is 0.00599. The van der Waals surface area contributed by atoms with Crippen molar-refractivity contribution in [3.63, 3.8) is 0 Å². The highest BCUT2D eigenvalue weighted by Gasteiger charge is 2.17. The number of hydrogen-bond donors (Lipinski definition) is 2. The molecule has 0 radical (unpaired) electrons. The van der Waals surface area contributed by atoms with Gasteiger partial charge in [0.05, 0.1) is 12.6 Å². The van der Waals surface area contributed by atoms with E-state index in [0.717, 1.165) is 16.1 Å². The third-order valence-electron chi connectivity index (χ3n) is 4.06. The largest absolute Gasteiger partial charge is 0.348 e. The van der Waals surface area contributed by atoms with Gasteiger partial charge < -0.3 is 10.6 Å². The average molecular weight is 345 g/mol. The van der Waals surface area contributed by atoms with E-state index in [0.29, 0.717) is 5.92 Å². The number of rotatable bonds is 7. The first-order valence-corrected chi connectivity index (χ1v) is 8.68. The smallest absolute Gasteiger partial charge is 0.234 e. The molecule has 0 aromatic heterocycles. The van der Waals surface area contributed by atoms with Gasteiger partial charge in [0.25, 0.3) is 0 Å². The molecule has 0 aliphatic rings. The Morgan fingerprint density at radius 1 is 0.958 bits per heavy atom. The van der Waals surface area contributed by atoms with Gasteiger partial charge in [0, 0.05) is 11.1 Å². The fourth-order valence-electron chi connectivity index (χ4n) is 2.73. The van der Waals surface area contributed by atoms with Crippen LogP contribution in [-0.2, 0) is 4.79 Å². The average Bonchev–Trinajstić information content (AvgIpc) is 2.57. The van der Waals surface area contributed by atoms with Crippen LogP contribution in [0.3, 0.4) is 0 Å². The van der Waals surface area contributed by atoms with Gasteiger partial charge in [-0.3, -0.25) is 4.79 Å². The first-order valence-electron chi connectivity index (χ1n) is 8.30. The predicted molar refractivity (Wildman–Crippen MR) is 100 cm³/mol. The summed E-state index contributed by atoms with van der Waals surface area (Å²) in [5.41, 5.74) is 2.24. The summed E-state index contributed by atoms with van der Waals surface area (Å²) in [5, 5.41) is 7.10. The molecule has 2 atom stereocenters. The lowest BCUT2D eigenvalue weighted by Crippen LogP contribution is -2.38. The summed E-state index contributed by atoms with van der Waals surface area (Å²) in [6.45, 7) is 6.54. The number of amides is 1. The molecule has 2 aromatic rings. The van der Waals surface area contributed by atoms with Crippen LogP contribution in [0.25, 0.3) is 0 Å².